The lowest BCUT2D eigenvalue weighted by Crippen LogP contribution is -2.15. The number of hydrogen-bond acceptors (Lipinski definition) is 3. The standard InChI is InChI=1S/C7H18NO4P/c1-3-4-5-8-13(9,10)12-7-6-11-2/h3-7H2,1-2H3,(H2,8,9,10). The summed E-state index contributed by atoms with van der Waals surface area (Å²) in [5.41, 5.74) is 0. The van der Waals surface area contributed by atoms with Crippen LogP contribution in [0.25, 0.3) is 0 Å². The molecule has 0 aliphatic rings. The van der Waals surface area contributed by atoms with Gasteiger partial charge in [-0.05, 0) is 6.42 Å². The molecular formula is C7H18NO4P. The van der Waals surface area contributed by atoms with Crippen molar-refractivity contribution in [3.05, 3.63) is 0 Å². The fraction of sp³-hybridized carbons (Fsp3) is 1.00. The SMILES string of the molecule is CCCCNP(=O)(O)OCCOC. The van der Waals surface area contributed by atoms with E-state index in [4.69, 9.17) is 9.42 Å². The van der Waals surface area contributed by atoms with Crippen molar-refractivity contribution >= 4 is 7.75 Å². The molecule has 0 heterocycles. The number of unbranched alkanes of at least 4 members (excludes halogenated alkanes) is 1. The Morgan fingerprint density at radius 3 is 2.69 bits per heavy atom. The molecule has 0 radical (unpaired) electrons. The summed E-state index contributed by atoms with van der Waals surface area (Å²) in [5.74, 6) is 0. The molecule has 0 spiro atoms. The molecule has 0 fully saturated rings. The molecule has 0 aromatic rings. The van der Waals surface area contributed by atoms with Crippen LogP contribution in [0.15, 0.2) is 0 Å². The second kappa shape index (κ2) is 7.47. The smallest absolute Gasteiger partial charge is 0.382 e. The normalized spacial score (nSPS) is 15.6. The second-order valence-electron chi connectivity index (χ2n) is 2.61. The zero-order valence-electron chi connectivity index (χ0n) is 8.15. The van der Waals surface area contributed by atoms with Crippen molar-refractivity contribution in [2.75, 3.05) is 26.9 Å². The minimum atomic E-state index is -3.58. The van der Waals surface area contributed by atoms with Crippen molar-refractivity contribution in [1.82, 2.24) is 5.09 Å². The largest absolute Gasteiger partial charge is 0.403 e. The summed E-state index contributed by atoms with van der Waals surface area (Å²) >= 11 is 0. The zero-order chi connectivity index (χ0) is 10.2. The predicted octanol–water partition coefficient (Wildman–Crippen LogP) is 1.14. The third-order valence-electron chi connectivity index (χ3n) is 1.40. The van der Waals surface area contributed by atoms with Gasteiger partial charge in [0.1, 0.15) is 0 Å². The van der Waals surface area contributed by atoms with E-state index in [0.717, 1.165) is 12.8 Å². The van der Waals surface area contributed by atoms with Gasteiger partial charge in [-0.2, -0.15) is 0 Å². The highest BCUT2D eigenvalue weighted by Gasteiger charge is 2.16. The first-order chi connectivity index (χ1) is 6.12. The van der Waals surface area contributed by atoms with Gasteiger partial charge in [0.15, 0.2) is 0 Å². The van der Waals surface area contributed by atoms with E-state index < -0.39 is 7.75 Å². The average molecular weight is 211 g/mol. The van der Waals surface area contributed by atoms with Crippen LogP contribution in [0.1, 0.15) is 19.8 Å². The van der Waals surface area contributed by atoms with Crippen molar-refractivity contribution in [2.24, 2.45) is 0 Å². The van der Waals surface area contributed by atoms with Crippen LogP contribution in [0, 0.1) is 0 Å². The lowest BCUT2D eigenvalue weighted by atomic mass is 10.3. The van der Waals surface area contributed by atoms with E-state index in [0.29, 0.717) is 13.2 Å². The number of rotatable bonds is 8. The summed E-state index contributed by atoms with van der Waals surface area (Å²) in [6.45, 7) is 2.95. The molecule has 13 heavy (non-hydrogen) atoms. The number of hydrogen-bond donors (Lipinski definition) is 2. The summed E-state index contributed by atoms with van der Waals surface area (Å²) in [4.78, 5) is 9.13. The zero-order valence-corrected chi connectivity index (χ0v) is 9.05. The van der Waals surface area contributed by atoms with Crippen LogP contribution in [-0.4, -0.2) is 31.8 Å². The maximum atomic E-state index is 11.1. The molecule has 1 atom stereocenters. The fourth-order valence-corrected chi connectivity index (χ4v) is 1.54. The third kappa shape index (κ3) is 8.40. The Morgan fingerprint density at radius 2 is 2.15 bits per heavy atom. The van der Waals surface area contributed by atoms with Crippen LogP contribution in [0.2, 0.25) is 0 Å². The molecule has 1 unspecified atom stereocenters. The van der Waals surface area contributed by atoms with Crippen molar-refractivity contribution in [2.45, 2.75) is 19.8 Å². The lowest BCUT2D eigenvalue weighted by Gasteiger charge is -2.12. The Kier molecular flexibility index (Phi) is 7.51. The highest BCUT2D eigenvalue weighted by molar-refractivity contribution is 7.50. The Bertz CT molecular complexity index is 151. The number of methoxy groups -OCH3 is 1. The van der Waals surface area contributed by atoms with Crippen molar-refractivity contribution in [3.8, 4) is 0 Å². The summed E-state index contributed by atoms with van der Waals surface area (Å²) in [5, 5.41) is 2.45. The molecular weight excluding hydrogens is 193 g/mol. The van der Waals surface area contributed by atoms with Crippen LogP contribution in [0.3, 0.4) is 0 Å². The van der Waals surface area contributed by atoms with E-state index in [1.165, 1.54) is 7.11 Å². The summed E-state index contributed by atoms with van der Waals surface area (Å²) in [6.07, 6.45) is 1.84. The average Bonchev–Trinajstić information content (AvgIpc) is 2.05. The van der Waals surface area contributed by atoms with Crippen LogP contribution in [0.5, 0.6) is 0 Å². The molecule has 80 valence electrons. The Balaban J connectivity index is 3.49. The Morgan fingerprint density at radius 1 is 1.46 bits per heavy atom. The molecule has 0 bridgehead atoms. The Labute approximate surface area is 79.0 Å². The van der Waals surface area contributed by atoms with Gasteiger partial charge in [-0.3, -0.25) is 4.52 Å². The highest BCUT2D eigenvalue weighted by atomic mass is 31.2. The van der Waals surface area contributed by atoms with Crippen molar-refractivity contribution in [3.63, 3.8) is 0 Å². The molecule has 0 aliphatic carbocycles. The van der Waals surface area contributed by atoms with E-state index in [9.17, 15) is 4.57 Å². The molecule has 0 saturated heterocycles. The van der Waals surface area contributed by atoms with Gasteiger partial charge in [0.25, 0.3) is 0 Å². The van der Waals surface area contributed by atoms with Crippen LogP contribution in [0.4, 0.5) is 0 Å². The summed E-state index contributed by atoms with van der Waals surface area (Å²) in [6, 6.07) is 0. The third-order valence-corrected chi connectivity index (χ3v) is 2.55. The van der Waals surface area contributed by atoms with Gasteiger partial charge in [0, 0.05) is 13.7 Å². The van der Waals surface area contributed by atoms with Crippen LogP contribution in [-0.2, 0) is 13.8 Å². The summed E-state index contributed by atoms with van der Waals surface area (Å²) in [7, 11) is -2.07. The quantitative estimate of drug-likeness (QED) is 0.465. The van der Waals surface area contributed by atoms with Gasteiger partial charge in [-0.1, -0.05) is 13.3 Å². The topological polar surface area (TPSA) is 67.8 Å². The Hall–Kier alpha value is 0.0700. The number of nitrogens with one attached hydrogen (secondary N) is 1. The van der Waals surface area contributed by atoms with E-state index in [1.54, 1.807) is 0 Å². The molecule has 0 saturated carbocycles. The molecule has 6 heteroatoms. The lowest BCUT2D eigenvalue weighted by molar-refractivity contribution is 0.135. The van der Waals surface area contributed by atoms with Gasteiger partial charge in [-0.15, -0.1) is 0 Å². The van der Waals surface area contributed by atoms with Gasteiger partial charge in [0.05, 0.1) is 13.2 Å². The predicted molar refractivity (Wildman–Crippen MR) is 50.6 cm³/mol. The first-order valence-electron chi connectivity index (χ1n) is 4.34. The summed E-state index contributed by atoms with van der Waals surface area (Å²) < 4.78 is 20.5. The van der Waals surface area contributed by atoms with Gasteiger partial charge < -0.3 is 9.63 Å². The maximum Gasteiger partial charge on any atom is 0.403 e. The van der Waals surface area contributed by atoms with E-state index in [-0.39, 0.29) is 6.61 Å². The second-order valence-corrected chi connectivity index (χ2v) is 4.22. The first-order valence-corrected chi connectivity index (χ1v) is 5.91. The minimum absolute atomic E-state index is 0.128. The molecule has 0 amide bonds. The van der Waals surface area contributed by atoms with E-state index in [2.05, 4.69) is 9.82 Å². The van der Waals surface area contributed by atoms with E-state index in [1.807, 2.05) is 6.92 Å². The monoisotopic (exact) mass is 211 g/mol. The molecule has 0 aromatic heterocycles. The molecule has 0 aliphatic heterocycles. The molecule has 0 aromatic carbocycles. The van der Waals surface area contributed by atoms with Crippen molar-refractivity contribution < 1.29 is 18.7 Å². The highest BCUT2D eigenvalue weighted by Crippen LogP contribution is 2.35. The van der Waals surface area contributed by atoms with Gasteiger partial charge >= 0.3 is 7.75 Å². The van der Waals surface area contributed by atoms with Gasteiger partial charge in [-0.25, -0.2) is 9.65 Å². The van der Waals surface area contributed by atoms with Crippen LogP contribution >= 0.6 is 7.75 Å². The van der Waals surface area contributed by atoms with E-state index >= 15 is 0 Å². The first kappa shape index (κ1) is 13.1. The number of ether oxygens (including phenoxy) is 1. The molecule has 0 rings (SSSR count). The van der Waals surface area contributed by atoms with Crippen molar-refractivity contribution in [1.29, 1.82) is 0 Å². The fourth-order valence-electron chi connectivity index (χ4n) is 0.687. The maximum absolute atomic E-state index is 11.1. The molecule has 5 nitrogen and oxygen atoms in total. The van der Waals surface area contributed by atoms with Crippen LogP contribution < -0.4 is 5.09 Å². The van der Waals surface area contributed by atoms with Gasteiger partial charge in [0.2, 0.25) is 0 Å². The molecule has 2 N–H and O–H groups in total. The minimum Gasteiger partial charge on any atom is -0.382 e.